The van der Waals surface area contributed by atoms with Gasteiger partial charge in [-0.2, -0.15) is 0 Å². The normalized spacial score (nSPS) is 23.3. The number of aromatic nitrogens is 6. The third kappa shape index (κ3) is 17.2. The lowest BCUT2D eigenvalue weighted by molar-refractivity contribution is -0.145. The number of rotatable bonds is 14. The molecular formula is C56H76N12O11. The van der Waals surface area contributed by atoms with Crippen molar-refractivity contribution in [3.8, 4) is 0 Å². The highest BCUT2D eigenvalue weighted by Gasteiger charge is 2.69. The van der Waals surface area contributed by atoms with Gasteiger partial charge in [0.05, 0.1) is 24.6 Å². The van der Waals surface area contributed by atoms with Crippen LogP contribution in [0, 0.1) is 29.1 Å². The molecule has 23 heteroatoms. The largest absolute Gasteiger partial charge is 0.480 e. The fourth-order valence-electron chi connectivity index (χ4n) is 11.4. The van der Waals surface area contributed by atoms with E-state index in [4.69, 9.17) is 5.11 Å². The molecule has 6 amide bonds. The molecule has 426 valence electrons. The Morgan fingerprint density at radius 2 is 1.14 bits per heavy atom. The monoisotopic (exact) mass is 1090 g/mol. The summed E-state index contributed by atoms with van der Waals surface area (Å²) < 4.78 is 0. The number of carbonyl (C=O) groups excluding carboxylic acids is 7. The fourth-order valence-corrected chi connectivity index (χ4v) is 11.4. The van der Waals surface area contributed by atoms with E-state index in [0.29, 0.717) is 25.8 Å². The fraction of sp³-hybridized carbons (Fsp3) is 0.589. The lowest BCUT2D eigenvalue weighted by Crippen LogP contribution is -2.60. The van der Waals surface area contributed by atoms with E-state index in [-0.39, 0.29) is 58.6 Å². The molecule has 2 saturated heterocycles. The van der Waals surface area contributed by atoms with E-state index >= 15 is 0 Å². The van der Waals surface area contributed by atoms with Gasteiger partial charge < -0.3 is 41.7 Å². The van der Waals surface area contributed by atoms with Gasteiger partial charge in [-0.25, -0.2) is 24.5 Å². The van der Waals surface area contributed by atoms with E-state index in [1.54, 1.807) is 4.90 Å². The summed E-state index contributed by atoms with van der Waals surface area (Å²) in [7, 11) is 0. The standard InChI is InChI=1S/C38H55N7O6.C13H17N3O3.C5H4N2O2/c1-4-19-41-36(50)32(46)26-17-13-8-6-5-7-9-14-18-27(37(51)45-23-25-29(38(25,2)3)31(45)35(49)42-26)43-34(48)30(24-15-11-10-12-16-24)44-33(47)28-22-39-20-21-40-28;17-12(10-8-14-6-7-15-10)16-11(13(18)19)9-4-2-1-3-5-9;8-5(9)4-3-6-1-2-7-4/h4,20-22,24-27,29-31H,1,5-19,23H2,2-3H3,(H,41,50)(H,42,49)(H,43,48)(H,44,47);6-9,11H,1-5H2,(H,16,17)(H,18,19);1-3H,(H,8,9)/t25-,26-,27-,29-,30-,31-;11-;/m00./s1. The Labute approximate surface area is 460 Å². The number of fused-ring (bicyclic) bond motifs is 3. The van der Waals surface area contributed by atoms with Crippen LogP contribution in [-0.2, 0) is 28.8 Å². The molecule has 0 radical (unpaired) electrons. The van der Waals surface area contributed by atoms with Crippen LogP contribution in [0.25, 0.3) is 0 Å². The van der Waals surface area contributed by atoms with Crippen molar-refractivity contribution in [2.75, 3.05) is 13.1 Å². The van der Waals surface area contributed by atoms with Crippen LogP contribution in [0.3, 0.4) is 0 Å². The molecule has 5 aliphatic rings. The molecule has 5 fully saturated rings. The molecule has 79 heavy (non-hydrogen) atoms. The number of hydrogen-bond acceptors (Lipinski definition) is 15. The van der Waals surface area contributed by atoms with E-state index in [0.717, 1.165) is 103 Å². The molecule has 7 N–H and O–H groups in total. The minimum atomic E-state index is -1.05. The van der Waals surface area contributed by atoms with Crippen LogP contribution < -0.4 is 26.6 Å². The molecular weight excluding hydrogens is 1020 g/mol. The van der Waals surface area contributed by atoms with Gasteiger partial charge in [0.25, 0.3) is 17.7 Å². The van der Waals surface area contributed by atoms with Crippen LogP contribution in [-0.4, -0.2) is 141 Å². The average molecular weight is 1090 g/mol. The minimum Gasteiger partial charge on any atom is -0.480 e. The Bertz CT molecular complexity index is 2560. The maximum absolute atomic E-state index is 14.5. The summed E-state index contributed by atoms with van der Waals surface area (Å²) in [6, 6.07) is -4.46. The van der Waals surface area contributed by atoms with Gasteiger partial charge in [0.2, 0.25) is 23.5 Å². The predicted octanol–water partition coefficient (Wildman–Crippen LogP) is 4.42. The molecule has 23 nitrogen and oxygen atoms in total. The van der Waals surface area contributed by atoms with E-state index in [9.17, 15) is 48.3 Å². The van der Waals surface area contributed by atoms with Crippen molar-refractivity contribution in [3.05, 3.63) is 85.5 Å². The summed E-state index contributed by atoms with van der Waals surface area (Å²) in [5, 5.41) is 31.5. The zero-order valence-corrected chi connectivity index (χ0v) is 45.2. The van der Waals surface area contributed by atoms with E-state index < -0.39 is 77.5 Å². The molecule has 0 aromatic carbocycles. The first kappa shape index (κ1) is 60.6. The van der Waals surface area contributed by atoms with E-state index in [1.807, 2.05) is 0 Å². The lowest BCUT2D eigenvalue weighted by Gasteiger charge is -2.35. The van der Waals surface area contributed by atoms with Gasteiger partial charge in [-0.15, -0.1) is 6.58 Å². The Morgan fingerprint density at radius 3 is 1.62 bits per heavy atom. The number of carbonyl (C=O) groups is 9. The second kappa shape index (κ2) is 30.0. The molecule has 0 unspecified atom stereocenters. The zero-order chi connectivity index (χ0) is 56.9. The van der Waals surface area contributed by atoms with Crippen molar-refractivity contribution in [2.24, 2.45) is 29.1 Å². The second-order valence-corrected chi connectivity index (χ2v) is 21.5. The van der Waals surface area contributed by atoms with Gasteiger partial charge >= 0.3 is 11.9 Å². The van der Waals surface area contributed by atoms with Crippen molar-refractivity contribution >= 4 is 53.2 Å². The summed E-state index contributed by atoms with van der Waals surface area (Å²) in [4.78, 5) is 140. The number of Topliss-reactive ketones (excluding diaryl/α,β-unsaturated/α-hetero) is 1. The van der Waals surface area contributed by atoms with Crippen molar-refractivity contribution in [3.63, 3.8) is 0 Å². The van der Waals surface area contributed by atoms with E-state index in [1.165, 1.54) is 61.8 Å². The lowest BCUT2D eigenvalue weighted by atomic mass is 9.83. The molecule has 8 rings (SSSR count). The number of carboxylic acids is 2. The average Bonchev–Trinajstić information content (AvgIpc) is 3.84. The predicted molar refractivity (Wildman–Crippen MR) is 286 cm³/mol. The number of piperidine rings is 1. The maximum Gasteiger partial charge on any atom is 0.356 e. The molecule has 3 aromatic rings. The number of aliphatic carboxylic acids is 1. The summed E-state index contributed by atoms with van der Waals surface area (Å²) in [6.07, 6.45) is 30.0. The molecule has 7 atom stereocenters. The quantitative estimate of drug-likeness (QED) is 0.0868. The van der Waals surface area contributed by atoms with Gasteiger partial charge in [0, 0.05) is 50.3 Å². The number of nitrogens with zero attached hydrogens (tertiary/aromatic N) is 7. The van der Waals surface area contributed by atoms with Crippen molar-refractivity contribution < 1.29 is 53.4 Å². The van der Waals surface area contributed by atoms with Gasteiger partial charge in [0.15, 0.2) is 5.69 Å². The van der Waals surface area contributed by atoms with Crippen LogP contribution in [0.1, 0.15) is 167 Å². The summed E-state index contributed by atoms with van der Waals surface area (Å²) in [5.74, 6) is -5.85. The smallest absolute Gasteiger partial charge is 0.356 e. The van der Waals surface area contributed by atoms with Crippen molar-refractivity contribution in [2.45, 2.75) is 166 Å². The maximum atomic E-state index is 14.5. The zero-order valence-electron chi connectivity index (χ0n) is 45.2. The summed E-state index contributed by atoms with van der Waals surface area (Å²) in [6.45, 7) is 8.23. The first-order valence-electron chi connectivity index (χ1n) is 27.7. The SMILES string of the molecule is C=CCNC(=O)C(=O)[C@@H]1CCCCCCCCC[C@H](NC(=O)[C@@H](NC(=O)c2cnccn2)C2CCCCC2)C(=O)N2C[C@H]3[C@@H]([C@H]2C(=O)N1)C3(C)C.O=C(N[C@H](C(=O)O)C1CCCCC1)c1cnccn1.O=C(O)c1cnccn1. The number of carboxylic acid groups (broad SMARTS) is 2. The first-order valence-corrected chi connectivity index (χ1v) is 27.7. The van der Waals surface area contributed by atoms with Crippen LogP contribution in [0.5, 0.6) is 0 Å². The third-order valence-electron chi connectivity index (χ3n) is 15.9. The highest BCUT2D eigenvalue weighted by atomic mass is 16.4. The van der Waals surface area contributed by atoms with Crippen LogP contribution in [0.2, 0.25) is 0 Å². The Morgan fingerprint density at radius 1 is 0.671 bits per heavy atom. The highest BCUT2D eigenvalue weighted by Crippen LogP contribution is 2.65. The van der Waals surface area contributed by atoms with Crippen LogP contribution >= 0.6 is 0 Å². The summed E-state index contributed by atoms with van der Waals surface area (Å²) >= 11 is 0. The van der Waals surface area contributed by atoms with Gasteiger partial charge in [-0.3, -0.25) is 48.5 Å². The van der Waals surface area contributed by atoms with Crippen molar-refractivity contribution in [1.82, 2.24) is 61.4 Å². The molecule has 3 saturated carbocycles. The Balaban J connectivity index is 0.000000291. The summed E-state index contributed by atoms with van der Waals surface area (Å²) in [5.41, 5.74) is 0.0345. The topological polar surface area (TPSA) is 335 Å². The number of aromatic carboxylic acids is 1. The first-order chi connectivity index (χ1) is 38.0. The minimum absolute atomic E-state index is 0.00636. The van der Waals surface area contributed by atoms with Crippen LogP contribution in [0.15, 0.2) is 68.4 Å². The second-order valence-electron chi connectivity index (χ2n) is 21.5. The van der Waals surface area contributed by atoms with Crippen molar-refractivity contribution in [1.29, 1.82) is 0 Å². The third-order valence-corrected chi connectivity index (χ3v) is 15.9. The van der Waals surface area contributed by atoms with E-state index in [2.05, 4.69) is 76.9 Å². The number of ketones is 1. The Kier molecular flexibility index (Phi) is 23.0. The molecule has 2 aliphatic heterocycles. The number of nitrogens with one attached hydrogen (secondary N) is 5. The molecule has 3 aliphatic carbocycles. The molecule has 5 heterocycles. The van der Waals surface area contributed by atoms with Gasteiger partial charge in [-0.05, 0) is 67.6 Å². The molecule has 3 aromatic heterocycles. The number of amides is 6. The highest BCUT2D eigenvalue weighted by molar-refractivity contribution is 6.38. The molecule has 0 bridgehead atoms. The Hall–Kier alpha value is -7.59. The van der Waals surface area contributed by atoms with Crippen LogP contribution in [0.4, 0.5) is 0 Å². The van der Waals surface area contributed by atoms with Gasteiger partial charge in [0.1, 0.15) is 35.6 Å². The number of hydrogen-bond donors (Lipinski definition) is 7. The van der Waals surface area contributed by atoms with Gasteiger partial charge in [-0.1, -0.05) is 103 Å². The molecule has 0 spiro atoms.